The first kappa shape index (κ1) is 10.1. The summed E-state index contributed by atoms with van der Waals surface area (Å²) < 4.78 is 4.33. The van der Waals surface area contributed by atoms with Gasteiger partial charge in [-0.3, -0.25) is 0 Å². The maximum Gasteiger partial charge on any atom is 0.333 e. The van der Waals surface area contributed by atoms with Crippen molar-refractivity contribution in [3.63, 3.8) is 0 Å². The molecule has 4 heteroatoms. The maximum atomic E-state index is 10.6. The monoisotopic (exact) mass is 160 g/mol. The van der Waals surface area contributed by atoms with E-state index in [1.54, 1.807) is 0 Å². The Morgan fingerprint density at radius 2 is 2.27 bits per heavy atom. The topological polar surface area (TPSA) is 66.8 Å². The number of methoxy groups -OCH3 is 1. The summed E-state index contributed by atoms with van der Waals surface area (Å²) in [7, 11) is 1.23. The summed E-state index contributed by atoms with van der Waals surface area (Å²) in [6.45, 7) is 2.99. The van der Waals surface area contributed by atoms with Gasteiger partial charge in [-0.05, 0) is 0 Å². The second-order valence-electron chi connectivity index (χ2n) is 2.14. The number of hydrogen-bond acceptors (Lipinski definition) is 4. The Bertz CT molecular complexity index is 153. The molecule has 0 radical (unpaired) electrons. The molecule has 0 saturated heterocycles. The van der Waals surface area contributed by atoms with Crippen LogP contribution in [0.4, 0.5) is 0 Å². The summed E-state index contributed by atoms with van der Waals surface area (Å²) in [5.74, 6) is -0.558. The highest BCUT2D eigenvalue weighted by atomic mass is 16.5. The van der Waals surface area contributed by atoms with Crippen LogP contribution < -0.4 is 0 Å². The molecule has 0 bridgehead atoms. The molecular formula is C7H12O4. The van der Waals surface area contributed by atoms with Crippen molar-refractivity contribution in [1.29, 1.82) is 0 Å². The van der Waals surface area contributed by atoms with Gasteiger partial charge < -0.3 is 14.9 Å². The SMILES string of the molecule is C=C(C[C@H](O)CO)C(=O)OC. The number of carbonyl (C=O) groups excluding carboxylic acids is 1. The zero-order valence-corrected chi connectivity index (χ0v) is 6.41. The van der Waals surface area contributed by atoms with E-state index in [1.165, 1.54) is 7.11 Å². The van der Waals surface area contributed by atoms with E-state index in [9.17, 15) is 4.79 Å². The van der Waals surface area contributed by atoms with Crippen molar-refractivity contribution in [2.24, 2.45) is 0 Å². The molecule has 0 aliphatic heterocycles. The van der Waals surface area contributed by atoms with Gasteiger partial charge in [-0.15, -0.1) is 0 Å². The number of rotatable bonds is 4. The van der Waals surface area contributed by atoms with E-state index < -0.39 is 12.1 Å². The fourth-order valence-corrected chi connectivity index (χ4v) is 0.577. The summed E-state index contributed by atoms with van der Waals surface area (Å²) in [6.07, 6.45) is -0.884. The van der Waals surface area contributed by atoms with Gasteiger partial charge in [-0.2, -0.15) is 0 Å². The van der Waals surface area contributed by atoms with Crippen molar-refractivity contribution < 1.29 is 19.7 Å². The number of ether oxygens (including phenoxy) is 1. The fraction of sp³-hybridized carbons (Fsp3) is 0.571. The van der Waals surface area contributed by atoms with Gasteiger partial charge in [0.25, 0.3) is 0 Å². The molecular weight excluding hydrogens is 148 g/mol. The van der Waals surface area contributed by atoms with E-state index in [0.29, 0.717) is 0 Å². The van der Waals surface area contributed by atoms with Crippen molar-refractivity contribution in [3.05, 3.63) is 12.2 Å². The molecule has 1 atom stereocenters. The minimum absolute atomic E-state index is 0.0448. The molecule has 0 aliphatic carbocycles. The minimum Gasteiger partial charge on any atom is -0.466 e. The Labute approximate surface area is 65.1 Å². The van der Waals surface area contributed by atoms with Gasteiger partial charge in [0.05, 0.1) is 19.8 Å². The number of aliphatic hydroxyl groups excluding tert-OH is 2. The lowest BCUT2D eigenvalue weighted by Gasteiger charge is -2.06. The third-order valence-corrected chi connectivity index (χ3v) is 1.17. The van der Waals surface area contributed by atoms with E-state index in [1.807, 2.05) is 0 Å². The Balaban J connectivity index is 3.77. The van der Waals surface area contributed by atoms with Crippen LogP contribution in [-0.2, 0) is 9.53 Å². The smallest absolute Gasteiger partial charge is 0.333 e. The predicted molar refractivity (Wildman–Crippen MR) is 38.9 cm³/mol. The Hall–Kier alpha value is -0.870. The zero-order valence-electron chi connectivity index (χ0n) is 6.41. The third kappa shape index (κ3) is 3.75. The lowest BCUT2D eigenvalue weighted by Crippen LogP contribution is -2.16. The molecule has 0 rings (SSSR count). The van der Waals surface area contributed by atoms with Gasteiger partial charge in [0.2, 0.25) is 0 Å². The van der Waals surface area contributed by atoms with Crippen LogP contribution in [0.25, 0.3) is 0 Å². The summed E-state index contributed by atoms with van der Waals surface area (Å²) >= 11 is 0. The molecule has 0 unspecified atom stereocenters. The van der Waals surface area contributed by atoms with Crippen LogP contribution >= 0.6 is 0 Å². The molecule has 64 valence electrons. The van der Waals surface area contributed by atoms with Gasteiger partial charge >= 0.3 is 5.97 Å². The molecule has 0 aromatic carbocycles. The first-order valence-corrected chi connectivity index (χ1v) is 3.16. The summed E-state index contributed by atoms with van der Waals surface area (Å²) in [4.78, 5) is 10.6. The average Bonchev–Trinajstić information content (AvgIpc) is 2.02. The first-order valence-electron chi connectivity index (χ1n) is 3.16. The van der Waals surface area contributed by atoms with Crippen LogP contribution in [0.1, 0.15) is 6.42 Å². The van der Waals surface area contributed by atoms with Crippen LogP contribution in [0, 0.1) is 0 Å². The van der Waals surface area contributed by atoms with Crippen molar-refractivity contribution in [3.8, 4) is 0 Å². The second-order valence-corrected chi connectivity index (χ2v) is 2.14. The molecule has 4 nitrogen and oxygen atoms in total. The summed E-state index contributed by atoms with van der Waals surface area (Å²) in [5, 5.41) is 17.2. The largest absolute Gasteiger partial charge is 0.466 e. The molecule has 0 fully saturated rings. The van der Waals surface area contributed by atoms with Gasteiger partial charge in [0.1, 0.15) is 0 Å². The average molecular weight is 160 g/mol. The summed E-state index contributed by atoms with van der Waals surface area (Å²) in [5.41, 5.74) is 0.161. The zero-order chi connectivity index (χ0) is 8.85. The fourth-order valence-electron chi connectivity index (χ4n) is 0.577. The van der Waals surface area contributed by atoms with Crippen LogP contribution in [0.15, 0.2) is 12.2 Å². The molecule has 0 saturated carbocycles. The van der Waals surface area contributed by atoms with Crippen molar-refractivity contribution in [2.75, 3.05) is 13.7 Å². The highest BCUT2D eigenvalue weighted by Crippen LogP contribution is 2.03. The molecule has 11 heavy (non-hydrogen) atoms. The van der Waals surface area contributed by atoms with Gasteiger partial charge in [0, 0.05) is 12.0 Å². The van der Waals surface area contributed by atoms with Crippen LogP contribution in [0.2, 0.25) is 0 Å². The minimum atomic E-state index is -0.929. The number of esters is 1. The third-order valence-electron chi connectivity index (χ3n) is 1.17. The van der Waals surface area contributed by atoms with Gasteiger partial charge in [-0.1, -0.05) is 6.58 Å². The normalized spacial score (nSPS) is 12.3. The Kier molecular flexibility index (Phi) is 4.49. The standard InChI is InChI=1S/C7H12O4/c1-5(7(10)11-2)3-6(9)4-8/h6,8-9H,1,3-4H2,2H3/t6-/m0/s1. The number of carbonyl (C=O) groups is 1. The Morgan fingerprint density at radius 3 is 2.64 bits per heavy atom. The van der Waals surface area contributed by atoms with E-state index >= 15 is 0 Å². The molecule has 0 spiro atoms. The highest BCUT2D eigenvalue weighted by molar-refractivity contribution is 5.87. The highest BCUT2D eigenvalue weighted by Gasteiger charge is 2.11. The maximum absolute atomic E-state index is 10.6. The lowest BCUT2D eigenvalue weighted by atomic mass is 10.1. The van der Waals surface area contributed by atoms with Crippen molar-refractivity contribution in [2.45, 2.75) is 12.5 Å². The number of aliphatic hydroxyl groups is 2. The summed E-state index contributed by atoms with van der Waals surface area (Å²) in [6, 6.07) is 0. The molecule has 0 aliphatic rings. The van der Waals surface area contributed by atoms with Crippen LogP contribution in [-0.4, -0.2) is 36.0 Å². The van der Waals surface area contributed by atoms with Gasteiger partial charge in [-0.25, -0.2) is 4.79 Å². The van der Waals surface area contributed by atoms with Crippen LogP contribution in [0.3, 0.4) is 0 Å². The molecule has 0 heterocycles. The Morgan fingerprint density at radius 1 is 1.73 bits per heavy atom. The predicted octanol–water partition coefficient (Wildman–Crippen LogP) is -0.541. The second kappa shape index (κ2) is 4.87. The molecule has 0 aromatic heterocycles. The lowest BCUT2D eigenvalue weighted by molar-refractivity contribution is -0.136. The number of hydrogen-bond donors (Lipinski definition) is 2. The van der Waals surface area contributed by atoms with Crippen molar-refractivity contribution in [1.82, 2.24) is 0 Å². The first-order chi connectivity index (χ1) is 5.11. The molecule has 0 amide bonds. The van der Waals surface area contributed by atoms with Gasteiger partial charge in [0.15, 0.2) is 0 Å². The van der Waals surface area contributed by atoms with Crippen LogP contribution in [0.5, 0.6) is 0 Å². The molecule has 0 aromatic rings. The van der Waals surface area contributed by atoms with E-state index in [0.717, 1.165) is 0 Å². The van der Waals surface area contributed by atoms with E-state index in [4.69, 9.17) is 10.2 Å². The van der Waals surface area contributed by atoms with E-state index in [-0.39, 0.29) is 18.6 Å². The van der Waals surface area contributed by atoms with Crippen molar-refractivity contribution >= 4 is 5.97 Å². The quantitative estimate of drug-likeness (QED) is 0.428. The molecule has 2 N–H and O–H groups in total. The van der Waals surface area contributed by atoms with E-state index in [2.05, 4.69) is 11.3 Å².